The minimum atomic E-state index is -0.356. The number of benzene rings is 2. The van der Waals surface area contributed by atoms with Crippen molar-refractivity contribution < 1.29 is 4.39 Å². The van der Waals surface area contributed by atoms with E-state index in [2.05, 4.69) is 0 Å². The predicted molar refractivity (Wildman–Crippen MR) is 90.9 cm³/mol. The molecular formula is C19H15ClFNO. The lowest BCUT2D eigenvalue weighted by Gasteiger charge is -2.15. The molecule has 0 radical (unpaired) electrons. The average molecular weight is 328 g/mol. The molecule has 0 atom stereocenters. The van der Waals surface area contributed by atoms with Crippen molar-refractivity contribution in [2.75, 3.05) is 0 Å². The zero-order valence-corrected chi connectivity index (χ0v) is 13.2. The smallest absolute Gasteiger partial charge is 0.264 e. The van der Waals surface area contributed by atoms with Gasteiger partial charge in [-0.3, -0.25) is 9.36 Å². The number of aromatic nitrogens is 1. The largest absolute Gasteiger partial charge is 0.281 e. The Balaban J connectivity index is 2.04. The number of halogens is 2. The maximum atomic E-state index is 13.6. The lowest BCUT2D eigenvalue weighted by atomic mass is 10.1. The van der Waals surface area contributed by atoms with Gasteiger partial charge in [0, 0.05) is 5.69 Å². The Morgan fingerprint density at radius 1 is 1.13 bits per heavy atom. The van der Waals surface area contributed by atoms with Crippen molar-refractivity contribution in [3.63, 3.8) is 0 Å². The fourth-order valence-electron chi connectivity index (χ4n) is 3.04. The van der Waals surface area contributed by atoms with Gasteiger partial charge in [-0.15, -0.1) is 0 Å². The van der Waals surface area contributed by atoms with Crippen molar-refractivity contribution in [3.05, 3.63) is 75.4 Å². The highest BCUT2D eigenvalue weighted by Crippen LogP contribution is 2.34. The molecule has 1 saturated carbocycles. The summed E-state index contributed by atoms with van der Waals surface area (Å²) in [6, 6.07) is 13.6. The van der Waals surface area contributed by atoms with Gasteiger partial charge >= 0.3 is 0 Å². The first-order valence-electron chi connectivity index (χ1n) is 7.72. The molecule has 4 heteroatoms. The van der Waals surface area contributed by atoms with E-state index >= 15 is 0 Å². The van der Waals surface area contributed by atoms with Crippen LogP contribution in [0.5, 0.6) is 0 Å². The topological polar surface area (TPSA) is 22.0 Å². The van der Waals surface area contributed by atoms with Crippen molar-refractivity contribution in [3.8, 4) is 5.69 Å². The summed E-state index contributed by atoms with van der Waals surface area (Å²) >= 11 is 6.24. The summed E-state index contributed by atoms with van der Waals surface area (Å²) in [5, 5.41) is 1.75. The minimum Gasteiger partial charge on any atom is -0.281 e. The number of pyridine rings is 1. The van der Waals surface area contributed by atoms with Crippen LogP contribution < -0.4 is 5.56 Å². The third-order valence-corrected chi connectivity index (χ3v) is 4.65. The minimum absolute atomic E-state index is 0.186. The molecule has 4 rings (SSSR count). The maximum Gasteiger partial charge on any atom is 0.264 e. The van der Waals surface area contributed by atoms with Crippen LogP contribution in [0, 0.1) is 11.7 Å². The summed E-state index contributed by atoms with van der Waals surface area (Å²) < 4.78 is 15.2. The Morgan fingerprint density at radius 3 is 2.65 bits per heavy atom. The highest BCUT2D eigenvalue weighted by atomic mass is 35.5. The molecule has 0 saturated heterocycles. The van der Waals surface area contributed by atoms with Crippen LogP contribution in [0.15, 0.2) is 53.3 Å². The Hall–Kier alpha value is -2.13. The summed E-state index contributed by atoms with van der Waals surface area (Å²) in [7, 11) is 0. The Morgan fingerprint density at radius 2 is 1.91 bits per heavy atom. The summed E-state index contributed by atoms with van der Waals surface area (Å²) in [5.41, 5.74) is 1.28. The van der Waals surface area contributed by atoms with Gasteiger partial charge < -0.3 is 0 Å². The van der Waals surface area contributed by atoms with Crippen molar-refractivity contribution in [1.29, 1.82) is 0 Å². The summed E-state index contributed by atoms with van der Waals surface area (Å²) in [4.78, 5) is 13.0. The number of hydrogen-bond donors (Lipinski definition) is 0. The van der Waals surface area contributed by atoms with E-state index in [4.69, 9.17) is 11.6 Å². The molecule has 0 spiro atoms. The first-order valence-corrected chi connectivity index (χ1v) is 8.10. The van der Waals surface area contributed by atoms with Gasteiger partial charge in [-0.2, -0.15) is 0 Å². The first kappa shape index (κ1) is 14.5. The lowest BCUT2D eigenvalue weighted by Crippen LogP contribution is -2.23. The highest BCUT2D eigenvalue weighted by molar-refractivity contribution is 6.35. The van der Waals surface area contributed by atoms with Crippen LogP contribution in [0.4, 0.5) is 4.39 Å². The van der Waals surface area contributed by atoms with Gasteiger partial charge in [-0.25, -0.2) is 4.39 Å². The van der Waals surface area contributed by atoms with Gasteiger partial charge in [0.15, 0.2) is 0 Å². The molecule has 1 aromatic heterocycles. The molecule has 2 nitrogen and oxygen atoms in total. The van der Waals surface area contributed by atoms with Gasteiger partial charge in [0.1, 0.15) is 5.82 Å². The summed E-state index contributed by atoms with van der Waals surface area (Å²) in [6.45, 7) is 0. The van der Waals surface area contributed by atoms with Gasteiger partial charge in [0.2, 0.25) is 0 Å². The van der Waals surface area contributed by atoms with Gasteiger partial charge in [-0.05, 0) is 60.9 Å². The normalized spacial score (nSPS) is 14.3. The zero-order chi connectivity index (χ0) is 16.0. The molecule has 2 aromatic carbocycles. The average Bonchev–Trinajstić information content (AvgIpc) is 3.31. The highest BCUT2D eigenvalue weighted by Gasteiger charge is 2.24. The molecule has 23 heavy (non-hydrogen) atoms. The molecule has 3 aromatic rings. The molecule has 1 fully saturated rings. The van der Waals surface area contributed by atoms with E-state index in [1.54, 1.807) is 22.8 Å². The maximum absolute atomic E-state index is 13.6. The number of nitrogens with zero attached hydrogens (tertiary/aromatic N) is 1. The summed E-state index contributed by atoms with van der Waals surface area (Å²) in [5.74, 6) is 0.261. The van der Waals surface area contributed by atoms with Gasteiger partial charge in [0.25, 0.3) is 5.56 Å². The van der Waals surface area contributed by atoms with Gasteiger partial charge in [-0.1, -0.05) is 29.8 Å². The second-order valence-corrected chi connectivity index (χ2v) is 6.51. The van der Waals surface area contributed by atoms with E-state index in [0.29, 0.717) is 22.0 Å². The molecule has 1 heterocycles. The third-order valence-electron chi connectivity index (χ3n) is 4.33. The standard InChI is InChI=1S/C19H15ClFNO/c20-17-6-1-3-13-10-16(9-12-7-8-12)22(19(23)18(13)17)15-5-2-4-14(21)11-15/h1-6,10-12H,7-9H2. The second kappa shape index (κ2) is 5.50. The monoisotopic (exact) mass is 327 g/mol. The van der Waals surface area contributed by atoms with Gasteiger partial charge in [0.05, 0.1) is 16.1 Å². The fraction of sp³-hybridized carbons (Fsp3) is 0.211. The van der Waals surface area contributed by atoms with Crippen LogP contribution in [-0.4, -0.2) is 4.57 Å². The Bertz CT molecular complexity index is 959. The number of rotatable bonds is 3. The lowest BCUT2D eigenvalue weighted by molar-refractivity contribution is 0.625. The molecule has 1 aliphatic rings. The Labute approximate surface area is 138 Å². The summed E-state index contributed by atoms with van der Waals surface area (Å²) in [6.07, 6.45) is 3.20. The first-order chi connectivity index (χ1) is 11.1. The predicted octanol–water partition coefficient (Wildman–Crippen LogP) is 4.74. The van der Waals surface area contributed by atoms with E-state index in [1.165, 1.54) is 25.0 Å². The van der Waals surface area contributed by atoms with Crippen LogP contribution in [-0.2, 0) is 6.42 Å². The SMILES string of the molecule is O=c1c2c(Cl)cccc2cc(CC2CC2)n1-c1cccc(F)c1. The van der Waals surface area contributed by atoms with Crippen molar-refractivity contribution >= 4 is 22.4 Å². The quantitative estimate of drug-likeness (QED) is 0.681. The van der Waals surface area contributed by atoms with Crippen LogP contribution in [0.1, 0.15) is 18.5 Å². The molecule has 0 aliphatic heterocycles. The van der Waals surface area contributed by atoms with Crippen LogP contribution in [0.25, 0.3) is 16.5 Å². The van der Waals surface area contributed by atoms with E-state index in [0.717, 1.165) is 17.5 Å². The van der Waals surface area contributed by atoms with Crippen molar-refractivity contribution in [2.24, 2.45) is 5.92 Å². The number of hydrogen-bond acceptors (Lipinski definition) is 1. The van der Waals surface area contributed by atoms with Crippen LogP contribution in [0.2, 0.25) is 5.02 Å². The molecule has 0 unspecified atom stereocenters. The van der Waals surface area contributed by atoms with E-state index in [9.17, 15) is 9.18 Å². The molecule has 116 valence electrons. The third kappa shape index (κ3) is 2.66. The molecule has 0 bridgehead atoms. The van der Waals surface area contributed by atoms with E-state index in [-0.39, 0.29) is 11.4 Å². The molecule has 1 aliphatic carbocycles. The van der Waals surface area contributed by atoms with E-state index in [1.807, 2.05) is 18.2 Å². The van der Waals surface area contributed by atoms with E-state index < -0.39 is 0 Å². The van der Waals surface area contributed by atoms with Crippen LogP contribution in [0.3, 0.4) is 0 Å². The molecule has 0 amide bonds. The fourth-order valence-corrected chi connectivity index (χ4v) is 3.30. The van der Waals surface area contributed by atoms with Crippen LogP contribution >= 0.6 is 11.6 Å². The van der Waals surface area contributed by atoms with Crippen molar-refractivity contribution in [1.82, 2.24) is 4.57 Å². The Kier molecular flexibility index (Phi) is 3.46. The number of fused-ring (bicyclic) bond motifs is 1. The zero-order valence-electron chi connectivity index (χ0n) is 12.4. The second-order valence-electron chi connectivity index (χ2n) is 6.11. The van der Waals surface area contributed by atoms with Crippen molar-refractivity contribution in [2.45, 2.75) is 19.3 Å². The molecular weight excluding hydrogens is 313 g/mol. The molecule has 0 N–H and O–H groups in total.